The van der Waals surface area contributed by atoms with Gasteiger partial charge in [0.05, 0.1) is 6.42 Å². The summed E-state index contributed by atoms with van der Waals surface area (Å²) < 4.78 is 32.4. The van der Waals surface area contributed by atoms with Gasteiger partial charge in [-0.1, -0.05) is 48.5 Å². The minimum absolute atomic E-state index is 0.0967. The zero-order valence-corrected chi connectivity index (χ0v) is 14.9. The van der Waals surface area contributed by atoms with E-state index in [0.717, 1.165) is 22.3 Å². The monoisotopic (exact) mass is 387 g/mol. The molecule has 2 aromatic carbocycles. The Bertz CT molecular complexity index is 885. The molecule has 0 saturated heterocycles. The SMILES string of the molecule is O=C(O)CC1C(CNC(=O)OCC2c3ccccc3-c3ccccc32)C1(F)F. The van der Waals surface area contributed by atoms with Crippen LogP contribution in [-0.2, 0) is 9.53 Å². The van der Waals surface area contributed by atoms with Gasteiger partial charge in [-0.05, 0) is 22.3 Å². The Morgan fingerprint density at radius 2 is 1.57 bits per heavy atom. The lowest BCUT2D eigenvalue weighted by molar-refractivity contribution is -0.138. The molecule has 0 bridgehead atoms. The molecule has 2 atom stereocenters. The van der Waals surface area contributed by atoms with Crippen LogP contribution >= 0.6 is 0 Å². The van der Waals surface area contributed by atoms with E-state index in [1.807, 2.05) is 48.5 Å². The highest BCUT2D eigenvalue weighted by molar-refractivity contribution is 5.79. The first kappa shape index (κ1) is 18.4. The van der Waals surface area contributed by atoms with Crippen molar-refractivity contribution in [2.24, 2.45) is 11.8 Å². The molecule has 0 radical (unpaired) electrons. The average molecular weight is 387 g/mol. The van der Waals surface area contributed by atoms with Gasteiger partial charge in [0.2, 0.25) is 0 Å². The molecule has 7 heteroatoms. The summed E-state index contributed by atoms with van der Waals surface area (Å²) in [6.45, 7) is -0.207. The Morgan fingerprint density at radius 1 is 1.00 bits per heavy atom. The number of rotatable bonds is 6. The second-order valence-electron chi connectivity index (χ2n) is 7.19. The molecule has 146 valence electrons. The topological polar surface area (TPSA) is 75.6 Å². The van der Waals surface area contributed by atoms with E-state index in [9.17, 15) is 18.4 Å². The standard InChI is InChI=1S/C21H19F2NO4/c22-21(23)17(9-19(25)26)18(21)10-24-20(27)28-11-16-14-7-3-1-5-12(14)13-6-2-4-8-15(13)16/h1-8,16-18H,9-11H2,(H,24,27)(H,25,26). The van der Waals surface area contributed by atoms with E-state index in [4.69, 9.17) is 9.84 Å². The van der Waals surface area contributed by atoms with Gasteiger partial charge >= 0.3 is 12.1 Å². The van der Waals surface area contributed by atoms with Gasteiger partial charge in [-0.25, -0.2) is 13.6 Å². The van der Waals surface area contributed by atoms with Crippen molar-refractivity contribution in [3.63, 3.8) is 0 Å². The molecule has 1 fully saturated rings. The summed E-state index contributed by atoms with van der Waals surface area (Å²) in [7, 11) is 0. The summed E-state index contributed by atoms with van der Waals surface area (Å²) in [6.07, 6.45) is -1.39. The maximum absolute atomic E-state index is 13.6. The number of carboxylic acids is 1. The molecule has 2 N–H and O–H groups in total. The van der Waals surface area contributed by atoms with Crippen molar-refractivity contribution in [1.82, 2.24) is 5.32 Å². The van der Waals surface area contributed by atoms with Crippen molar-refractivity contribution in [2.75, 3.05) is 13.2 Å². The van der Waals surface area contributed by atoms with Gasteiger partial charge in [-0.2, -0.15) is 0 Å². The predicted octanol–water partition coefficient (Wildman–Crippen LogP) is 3.88. The van der Waals surface area contributed by atoms with Gasteiger partial charge < -0.3 is 15.2 Å². The summed E-state index contributed by atoms with van der Waals surface area (Å²) in [5, 5.41) is 11.0. The quantitative estimate of drug-likeness (QED) is 0.789. The number of alkyl halides is 2. The summed E-state index contributed by atoms with van der Waals surface area (Å²) in [5.41, 5.74) is 4.32. The zero-order valence-electron chi connectivity index (χ0n) is 14.9. The number of carbonyl (C=O) groups excluding carboxylic acids is 1. The molecular weight excluding hydrogens is 368 g/mol. The summed E-state index contributed by atoms with van der Waals surface area (Å²) in [6, 6.07) is 15.8. The minimum atomic E-state index is -3.06. The van der Waals surface area contributed by atoms with Crippen LogP contribution in [0.4, 0.5) is 13.6 Å². The first-order valence-electron chi connectivity index (χ1n) is 9.08. The number of nitrogens with one attached hydrogen (secondary N) is 1. The molecule has 0 aromatic heterocycles. The van der Waals surface area contributed by atoms with E-state index >= 15 is 0 Å². The Kier molecular flexibility index (Phi) is 4.53. The number of ether oxygens (including phenoxy) is 1. The second-order valence-corrected chi connectivity index (χ2v) is 7.19. The summed E-state index contributed by atoms with van der Waals surface area (Å²) in [5.74, 6) is -6.84. The van der Waals surface area contributed by atoms with Crippen LogP contribution in [0, 0.1) is 11.8 Å². The van der Waals surface area contributed by atoms with Crippen molar-refractivity contribution >= 4 is 12.1 Å². The third kappa shape index (κ3) is 3.21. The number of carbonyl (C=O) groups is 2. The first-order valence-corrected chi connectivity index (χ1v) is 9.08. The van der Waals surface area contributed by atoms with E-state index < -0.39 is 36.2 Å². The highest BCUT2D eigenvalue weighted by atomic mass is 19.3. The average Bonchev–Trinajstić information content (AvgIpc) is 3.03. The fraction of sp³-hybridized carbons (Fsp3) is 0.333. The maximum Gasteiger partial charge on any atom is 0.407 e. The Hall–Kier alpha value is -2.96. The van der Waals surface area contributed by atoms with Crippen LogP contribution in [-0.4, -0.2) is 36.2 Å². The molecule has 2 aromatic rings. The molecule has 2 aliphatic carbocycles. The van der Waals surface area contributed by atoms with Gasteiger partial charge in [0, 0.05) is 24.3 Å². The molecule has 0 heterocycles. The molecule has 2 unspecified atom stereocenters. The fourth-order valence-corrected chi connectivity index (χ4v) is 4.05. The molecule has 5 nitrogen and oxygen atoms in total. The Morgan fingerprint density at radius 3 is 2.14 bits per heavy atom. The number of aliphatic carboxylic acids is 1. The van der Waals surface area contributed by atoms with Crippen LogP contribution in [0.15, 0.2) is 48.5 Å². The lowest BCUT2D eigenvalue weighted by Gasteiger charge is -2.14. The Labute approximate surface area is 160 Å². The van der Waals surface area contributed by atoms with E-state index in [2.05, 4.69) is 5.32 Å². The molecule has 0 spiro atoms. The van der Waals surface area contributed by atoms with Gasteiger partial charge in [-0.3, -0.25) is 4.79 Å². The minimum Gasteiger partial charge on any atom is -0.481 e. The number of hydrogen-bond acceptors (Lipinski definition) is 3. The van der Waals surface area contributed by atoms with Crippen molar-refractivity contribution < 1.29 is 28.2 Å². The second kappa shape index (κ2) is 6.89. The predicted molar refractivity (Wildman–Crippen MR) is 97.3 cm³/mol. The van der Waals surface area contributed by atoms with Gasteiger partial charge in [-0.15, -0.1) is 0 Å². The number of amides is 1. The molecule has 2 aliphatic rings. The third-order valence-corrected chi connectivity index (χ3v) is 5.57. The third-order valence-electron chi connectivity index (χ3n) is 5.57. The molecule has 0 aliphatic heterocycles. The largest absolute Gasteiger partial charge is 0.481 e. The molecule has 4 rings (SSSR count). The van der Waals surface area contributed by atoms with Crippen molar-refractivity contribution in [2.45, 2.75) is 18.3 Å². The van der Waals surface area contributed by atoms with E-state index in [1.165, 1.54) is 0 Å². The first-order chi connectivity index (χ1) is 13.4. The smallest absolute Gasteiger partial charge is 0.407 e. The number of carboxylic acid groups (broad SMARTS) is 1. The van der Waals surface area contributed by atoms with E-state index in [1.54, 1.807) is 0 Å². The van der Waals surface area contributed by atoms with Crippen LogP contribution in [0.25, 0.3) is 11.1 Å². The molecule has 1 amide bonds. The summed E-state index contributed by atoms with van der Waals surface area (Å²) >= 11 is 0. The lowest BCUT2D eigenvalue weighted by atomic mass is 9.98. The van der Waals surface area contributed by atoms with Gasteiger partial charge in [0.1, 0.15) is 6.61 Å². The number of fused-ring (bicyclic) bond motifs is 3. The number of benzene rings is 2. The molecular formula is C21H19F2NO4. The highest BCUT2D eigenvalue weighted by Crippen LogP contribution is 2.56. The van der Waals surface area contributed by atoms with Crippen LogP contribution in [0.2, 0.25) is 0 Å². The molecule has 28 heavy (non-hydrogen) atoms. The maximum atomic E-state index is 13.6. The number of alkyl carbamates (subject to hydrolysis) is 1. The normalized spacial score (nSPS) is 21.5. The van der Waals surface area contributed by atoms with Crippen LogP contribution in [0.3, 0.4) is 0 Å². The van der Waals surface area contributed by atoms with Crippen molar-refractivity contribution in [1.29, 1.82) is 0 Å². The van der Waals surface area contributed by atoms with E-state index in [-0.39, 0.29) is 19.1 Å². The number of hydrogen-bond donors (Lipinski definition) is 2. The Balaban J connectivity index is 1.35. The van der Waals surface area contributed by atoms with Crippen molar-refractivity contribution in [3.05, 3.63) is 59.7 Å². The number of halogens is 2. The summed E-state index contributed by atoms with van der Waals surface area (Å²) in [4.78, 5) is 22.6. The van der Waals surface area contributed by atoms with Crippen LogP contribution < -0.4 is 5.32 Å². The van der Waals surface area contributed by atoms with Crippen LogP contribution in [0.1, 0.15) is 23.5 Å². The zero-order chi connectivity index (χ0) is 19.9. The highest BCUT2D eigenvalue weighted by Gasteiger charge is 2.68. The molecule has 1 saturated carbocycles. The van der Waals surface area contributed by atoms with E-state index in [0.29, 0.717) is 0 Å². The van der Waals surface area contributed by atoms with Gasteiger partial charge in [0.15, 0.2) is 0 Å². The van der Waals surface area contributed by atoms with Crippen molar-refractivity contribution in [3.8, 4) is 11.1 Å². The van der Waals surface area contributed by atoms with Crippen LogP contribution in [0.5, 0.6) is 0 Å². The fourth-order valence-electron chi connectivity index (χ4n) is 4.05. The van der Waals surface area contributed by atoms with Gasteiger partial charge in [0.25, 0.3) is 5.92 Å². The lowest BCUT2D eigenvalue weighted by Crippen LogP contribution is -2.29.